The summed E-state index contributed by atoms with van der Waals surface area (Å²) in [5.41, 5.74) is 3.46. The number of nitrogens with zero attached hydrogens (tertiary/aromatic N) is 1. The number of fused-ring (bicyclic) bond motifs is 1. The molecule has 1 saturated carbocycles. The van der Waals surface area contributed by atoms with Gasteiger partial charge in [0.1, 0.15) is 0 Å². The molecule has 32 heavy (non-hydrogen) atoms. The standard InChI is InChI=1S/C26H29F3N2O/c1-31(24(32)14-17-5-4-6-19(13-17)26(27,28)29)20-9-8-18-15-23-21-7-2-3-10-25(21,11-12-30-23)22(18)16-20/h4-6,8-9,13,16,21,23,30H,2-3,7,10-12,14-15H2,1H3/t21-,23+,25+/m0/s1. The molecular weight excluding hydrogens is 413 g/mol. The van der Waals surface area contributed by atoms with E-state index in [0.29, 0.717) is 17.5 Å². The van der Waals surface area contributed by atoms with Gasteiger partial charge in [-0.05, 0) is 73.0 Å². The maximum atomic E-state index is 13.0. The van der Waals surface area contributed by atoms with E-state index < -0.39 is 11.7 Å². The van der Waals surface area contributed by atoms with Crippen LogP contribution in [0.15, 0.2) is 42.5 Å². The van der Waals surface area contributed by atoms with Gasteiger partial charge < -0.3 is 10.2 Å². The topological polar surface area (TPSA) is 32.3 Å². The molecular formula is C26H29F3N2O. The molecule has 170 valence electrons. The van der Waals surface area contributed by atoms with Crippen LogP contribution in [-0.2, 0) is 29.2 Å². The van der Waals surface area contributed by atoms with Crippen molar-refractivity contribution in [3.63, 3.8) is 0 Å². The van der Waals surface area contributed by atoms with Crippen molar-refractivity contribution in [2.45, 2.75) is 62.6 Å². The fourth-order valence-electron chi connectivity index (χ4n) is 6.42. The summed E-state index contributed by atoms with van der Waals surface area (Å²) in [6, 6.07) is 11.9. The molecule has 2 aromatic rings. The smallest absolute Gasteiger partial charge is 0.315 e. The summed E-state index contributed by atoms with van der Waals surface area (Å²) in [4.78, 5) is 14.6. The lowest BCUT2D eigenvalue weighted by Gasteiger charge is -2.56. The Balaban J connectivity index is 1.41. The summed E-state index contributed by atoms with van der Waals surface area (Å²) in [5, 5.41) is 3.74. The normalized spacial score (nSPS) is 26.8. The van der Waals surface area contributed by atoms with Crippen molar-refractivity contribution in [1.29, 1.82) is 0 Å². The molecule has 6 heteroatoms. The number of amides is 1. The van der Waals surface area contributed by atoms with Crippen LogP contribution in [0.5, 0.6) is 0 Å². The first-order valence-corrected chi connectivity index (χ1v) is 11.6. The molecule has 0 spiro atoms. The van der Waals surface area contributed by atoms with Crippen molar-refractivity contribution < 1.29 is 18.0 Å². The maximum Gasteiger partial charge on any atom is 0.416 e. The molecule has 5 rings (SSSR count). The number of benzene rings is 2. The molecule has 1 heterocycles. The summed E-state index contributed by atoms with van der Waals surface area (Å²) in [6.45, 7) is 1.04. The Morgan fingerprint density at radius 2 is 2.00 bits per heavy atom. The Morgan fingerprint density at radius 3 is 2.81 bits per heavy atom. The molecule has 0 aromatic heterocycles. The van der Waals surface area contributed by atoms with Crippen LogP contribution in [0.2, 0.25) is 0 Å². The van der Waals surface area contributed by atoms with Gasteiger partial charge in [-0.1, -0.05) is 37.1 Å². The number of likely N-dealkylation sites (N-methyl/N-ethyl adjacent to an activating group) is 1. The summed E-state index contributed by atoms with van der Waals surface area (Å²) < 4.78 is 39.1. The molecule has 3 aliphatic rings. The van der Waals surface area contributed by atoms with Crippen LogP contribution in [0.4, 0.5) is 18.9 Å². The number of nitrogens with one attached hydrogen (secondary N) is 1. The molecule has 2 aromatic carbocycles. The fraction of sp³-hybridized carbons (Fsp3) is 0.500. The zero-order chi connectivity index (χ0) is 22.5. The van der Waals surface area contributed by atoms with Gasteiger partial charge in [0.25, 0.3) is 0 Å². The monoisotopic (exact) mass is 442 g/mol. The third-order valence-corrected chi connectivity index (χ3v) is 8.00. The highest BCUT2D eigenvalue weighted by molar-refractivity contribution is 5.94. The average Bonchev–Trinajstić information content (AvgIpc) is 2.78. The summed E-state index contributed by atoms with van der Waals surface area (Å²) in [5.74, 6) is 0.444. The Hall–Kier alpha value is -2.34. The fourth-order valence-corrected chi connectivity index (χ4v) is 6.42. The van der Waals surface area contributed by atoms with Crippen LogP contribution in [0.1, 0.15) is 54.4 Å². The Kier molecular flexibility index (Phi) is 5.31. The van der Waals surface area contributed by atoms with Crippen molar-refractivity contribution in [3.05, 3.63) is 64.7 Å². The second-order valence-electron chi connectivity index (χ2n) is 9.69. The Bertz CT molecular complexity index is 1030. The van der Waals surface area contributed by atoms with Gasteiger partial charge in [0, 0.05) is 24.2 Å². The molecule has 3 atom stereocenters. The van der Waals surface area contributed by atoms with Crippen molar-refractivity contribution in [1.82, 2.24) is 5.32 Å². The first-order chi connectivity index (χ1) is 15.3. The van der Waals surface area contributed by atoms with E-state index in [1.165, 1.54) is 42.9 Å². The minimum Gasteiger partial charge on any atom is -0.315 e. The largest absolute Gasteiger partial charge is 0.416 e. The van der Waals surface area contributed by atoms with Crippen LogP contribution >= 0.6 is 0 Å². The number of rotatable bonds is 3. The van der Waals surface area contributed by atoms with Gasteiger partial charge in [-0.25, -0.2) is 0 Å². The molecule has 0 radical (unpaired) electrons. The van der Waals surface area contributed by atoms with E-state index >= 15 is 0 Å². The van der Waals surface area contributed by atoms with Crippen LogP contribution in [0, 0.1) is 5.92 Å². The molecule has 0 unspecified atom stereocenters. The van der Waals surface area contributed by atoms with Gasteiger partial charge in [-0.2, -0.15) is 13.2 Å². The number of hydrogen-bond acceptors (Lipinski definition) is 2. The number of alkyl halides is 3. The van der Waals surface area contributed by atoms with Gasteiger partial charge in [-0.3, -0.25) is 4.79 Å². The quantitative estimate of drug-likeness (QED) is 0.704. The van der Waals surface area contributed by atoms with Crippen molar-refractivity contribution >= 4 is 11.6 Å². The van der Waals surface area contributed by atoms with E-state index in [0.717, 1.165) is 37.2 Å². The van der Waals surface area contributed by atoms with Crippen LogP contribution in [0.3, 0.4) is 0 Å². The maximum absolute atomic E-state index is 13.0. The van der Waals surface area contributed by atoms with E-state index in [1.54, 1.807) is 18.0 Å². The van der Waals surface area contributed by atoms with Gasteiger partial charge in [-0.15, -0.1) is 0 Å². The van der Waals surface area contributed by atoms with Gasteiger partial charge in [0.05, 0.1) is 12.0 Å². The number of hydrogen-bond donors (Lipinski definition) is 1. The lowest BCUT2D eigenvalue weighted by atomic mass is 9.53. The zero-order valence-corrected chi connectivity index (χ0v) is 18.3. The van der Waals surface area contributed by atoms with Gasteiger partial charge in [0.15, 0.2) is 0 Å². The second-order valence-corrected chi connectivity index (χ2v) is 9.69. The number of carbonyl (C=O) groups is 1. The van der Waals surface area contributed by atoms with Gasteiger partial charge >= 0.3 is 6.18 Å². The average molecular weight is 443 g/mol. The first kappa shape index (κ1) is 21.5. The molecule has 1 saturated heterocycles. The minimum atomic E-state index is -4.41. The third kappa shape index (κ3) is 3.62. The summed E-state index contributed by atoms with van der Waals surface area (Å²) >= 11 is 0. The Labute approximate surface area is 187 Å². The van der Waals surface area contributed by atoms with E-state index in [9.17, 15) is 18.0 Å². The zero-order valence-electron chi connectivity index (χ0n) is 18.3. The molecule has 1 aliphatic heterocycles. The molecule has 1 amide bonds. The minimum absolute atomic E-state index is 0.0583. The molecule has 2 bridgehead atoms. The van der Waals surface area contributed by atoms with E-state index in [4.69, 9.17) is 0 Å². The first-order valence-electron chi connectivity index (χ1n) is 11.6. The highest BCUT2D eigenvalue weighted by Crippen LogP contribution is 2.54. The van der Waals surface area contributed by atoms with E-state index in [-0.39, 0.29) is 17.7 Å². The predicted molar refractivity (Wildman–Crippen MR) is 119 cm³/mol. The SMILES string of the molecule is CN(C(=O)Cc1cccc(C(F)(F)F)c1)c1ccc2c(c1)[C@@]13CCCC[C@H]1[C@@H](C2)NCC3. The summed E-state index contributed by atoms with van der Waals surface area (Å²) in [6.07, 6.45) is 2.69. The number of halogens is 3. The highest BCUT2D eigenvalue weighted by atomic mass is 19.4. The van der Waals surface area contributed by atoms with Gasteiger partial charge in [0.2, 0.25) is 5.91 Å². The van der Waals surface area contributed by atoms with Crippen molar-refractivity contribution in [2.24, 2.45) is 5.92 Å². The number of piperidine rings is 1. The summed E-state index contributed by atoms with van der Waals surface area (Å²) in [7, 11) is 1.72. The predicted octanol–water partition coefficient (Wildman–Crippen LogP) is 5.26. The lowest BCUT2D eigenvalue weighted by molar-refractivity contribution is -0.137. The molecule has 2 fully saturated rings. The molecule has 2 aliphatic carbocycles. The second kappa shape index (κ2) is 7.91. The van der Waals surface area contributed by atoms with E-state index in [1.807, 2.05) is 6.07 Å². The highest BCUT2D eigenvalue weighted by Gasteiger charge is 2.51. The van der Waals surface area contributed by atoms with Crippen LogP contribution in [-0.4, -0.2) is 25.5 Å². The van der Waals surface area contributed by atoms with E-state index in [2.05, 4.69) is 17.4 Å². The third-order valence-electron chi connectivity index (χ3n) is 8.00. The van der Waals surface area contributed by atoms with Crippen LogP contribution in [0.25, 0.3) is 0 Å². The molecule has 1 N–H and O–H groups in total. The lowest BCUT2D eigenvalue weighted by Crippen LogP contribution is -2.59. The van der Waals surface area contributed by atoms with Crippen molar-refractivity contribution in [2.75, 3.05) is 18.5 Å². The Morgan fingerprint density at radius 1 is 1.16 bits per heavy atom. The molecule has 3 nitrogen and oxygen atoms in total. The van der Waals surface area contributed by atoms with Crippen molar-refractivity contribution in [3.8, 4) is 0 Å². The number of carbonyl (C=O) groups excluding carboxylic acids is 1. The number of anilines is 1. The van der Waals surface area contributed by atoms with Crippen LogP contribution < -0.4 is 10.2 Å².